The van der Waals surface area contributed by atoms with Gasteiger partial charge in [0.15, 0.2) is 0 Å². The summed E-state index contributed by atoms with van der Waals surface area (Å²) in [6.07, 6.45) is 3.37. The third kappa shape index (κ3) is 2.81. The van der Waals surface area contributed by atoms with Gasteiger partial charge in [-0.1, -0.05) is 24.4 Å². The first-order valence-electron chi connectivity index (χ1n) is 4.94. The third-order valence-corrected chi connectivity index (χ3v) is 3.14. The number of nitrogens with one attached hydrogen (secondary N) is 1. The topological polar surface area (TPSA) is 50.9 Å². The van der Waals surface area contributed by atoms with Gasteiger partial charge in [-0.05, 0) is 34.1 Å². The van der Waals surface area contributed by atoms with Gasteiger partial charge in [0.05, 0.1) is 17.6 Å². The van der Waals surface area contributed by atoms with Gasteiger partial charge in [-0.25, -0.2) is 0 Å². The first kappa shape index (κ1) is 12.0. The molecule has 2 rings (SSSR count). The van der Waals surface area contributed by atoms with Crippen LogP contribution in [0.4, 0.5) is 11.4 Å². The van der Waals surface area contributed by atoms with Crippen LogP contribution in [-0.4, -0.2) is 9.97 Å². The molecule has 0 aliphatic carbocycles. The summed E-state index contributed by atoms with van der Waals surface area (Å²) < 4.78 is 0.970. The van der Waals surface area contributed by atoms with E-state index in [1.54, 1.807) is 18.5 Å². The van der Waals surface area contributed by atoms with Crippen LogP contribution in [0.15, 0.2) is 47.2 Å². The molecule has 0 spiro atoms. The maximum atomic E-state index is 5.66. The quantitative estimate of drug-likeness (QED) is 0.855. The number of hydrogen-bond donors (Lipinski definition) is 2. The van der Waals surface area contributed by atoms with E-state index in [4.69, 9.17) is 18.0 Å². The Bertz CT molecular complexity index is 557. The Labute approximate surface area is 113 Å². The van der Waals surface area contributed by atoms with Gasteiger partial charge in [-0.15, -0.1) is 0 Å². The van der Waals surface area contributed by atoms with Gasteiger partial charge in [0.1, 0.15) is 4.99 Å². The average Bonchev–Trinajstić information content (AvgIpc) is 2.32. The van der Waals surface area contributed by atoms with Crippen molar-refractivity contribution in [3.63, 3.8) is 0 Å². The Kier molecular flexibility index (Phi) is 3.71. The lowest BCUT2D eigenvalue weighted by Gasteiger charge is -2.11. The maximum absolute atomic E-state index is 5.66. The number of nitrogens with zero attached hydrogens (tertiary/aromatic N) is 1. The molecule has 1 aromatic heterocycles. The van der Waals surface area contributed by atoms with Crippen molar-refractivity contribution in [1.29, 1.82) is 0 Å². The first-order chi connectivity index (χ1) is 8.18. The predicted molar refractivity (Wildman–Crippen MR) is 77.5 cm³/mol. The van der Waals surface area contributed by atoms with Crippen LogP contribution >= 0.6 is 28.1 Å². The highest BCUT2D eigenvalue weighted by molar-refractivity contribution is 9.10. The molecule has 0 bridgehead atoms. The molecule has 0 amide bonds. The number of para-hydroxylation sites is 1. The minimum absolute atomic E-state index is 0.349. The second-order valence-electron chi connectivity index (χ2n) is 3.39. The van der Waals surface area contributed by atoms with Crippen LogP contribution in [0.3, 0.4) is 0 Å². The fraction of sp³-hybridized carbons (Fsp3) is 0. The van der Waals surface area contributed by atoms with E-state index in [0.717, 1.165) is 21.4 Å². The van der Waals surface area contributed by atoms with Gasteiger partial charge in [-0.2, -0.15) is 0 Å². The summed E-state index contributed by atoms with van der Waals surface area (Å²) >= 11 is 8.47. The Hall–Kier alpha value is -1.46. The van der Waals surface area contributed by atoms with E-state index >= 15 is 0 Å². The minimum atomic E-state index is 0.349. The van der Waals surface area contributed by atoms with Gasteiger partial charge in [0, 0.05) is 16.2 Å². The number of nitrogens with two attached hydrogens (primary N) is 1. The molecule has 0 aliphatic heterocycles. The van der Waals surface area contributed by atoms with Gasteiger partial charge < -0.3 is 11.1 Å². The summed E-state index contributed by atoms with van der Waals surface area (Å²) in [4.78, 5) is 4.41. The number of hydrogen-bond acceptors (Lipinski definition) is 3. The summed E-state index contributed by atoms with van der Waals surface area (Å²) in [6, 6.07) is 9.61. The molecule has 2 aromatic rings. The normalized spacial score (nSPS) is 9.94. The van der Waals surface area contributed by atoms with Crippen molar-refractivity contribution in [3.8, 4) is 0 Å². The molecule has 86 valence electrons. The van der Waals surface area contributed by atoms with Crippen molar-refractivity contribution >= 4 is 44.5 Å². The van der Waals surface area contributed by atoms with Gasteiger partial charge >= 0.3 is 0 Å². The van der Waals surface area contributed by atoms with Crippen LogP contribution in [0, 0.1) is 0 Å². The van der Waals surface area contributed by atoms with Gasteiger partial charge in [0.2, 0.25) is 0 Å². The summed E-state index contributed by atoms with van der Waals surface area (Å²) in [5.74, 6) is 0. The molecule has 1 aromatic carbocycles. The highest BCUT2D eigenvalue weighted by atomic mass is 79.9. The predicted octanol–water partition coefficient (Wildman–Crippen LogP) is 3.22. The molecule has 0 unspecified atom stereocenters. The van der Waals surface area contributed by atoms with Crippen molar-refractivity contribution in [2.24, 2.45) is 5.73 Å². The van der Waals surface area contributed by atoms with Crippen LogP contribution in [0.1, 0.15) is 5.56 Å². The molecule has 0 saturated heterocycles. The van der Waals surface area contributed by atoms with Crippen LogP contribution in [-0.2, 0) is 0 Å². The standard InChI is InChI=1S/C12H10BrN3S/c13-9-3-1-2-4-10(9)16-11-7-15-6-5-8(11)12(14)17/h1-7,16H,(H2,14,17). The lowest BCUT2D eigenvalue weighted by Crippen LogP contribution is -2.12. The van der Waals surface area contributed by atoms with Crippen LogP contribution in [0.5, 0.6) is 0 Å². The molecule has 5 heteroatoms. The summed E-state index contributed by atoms with van der Waals surface area (Å²) in [5, 5.41) is 3.25. The molecule has 0 aliphatic rings. The smallest absolute Gasteiger partial charge is 0.106 e. The average molecular weight is 308 g/mol. The number of benzene rings is 1. The monoisotopic (exact) mass is 307 g/mol. The second kappa shape index (κ2) is 5.25. The molecular formula is C12H10BrN3S. The molecule has 3 N–H and O–H groups in total. The number of anilines is 2. The fourth-order valence-corrected chi connectivity index (χ4v) is 1.98. The SMILES string of the molecule is NC(=S)c1ccncc1Nc1ccccc1Br. The van der Waals surface area contributed by atoms with E-state index in [2.05, 4.69) is 26.2 Å². The van der Waals surface area contributed by atoms with E-state index < -0.39 is 0 Å². The molecular weight excluding hydrogens is 298 g/mol. The lowest BCUT2D eigenvalue weighted by atomic mass is 10.2. The summed E-state index contributed by atoms with van der Waals surface area (Å²) in [6.45, 7) is 0. The largest absolute Gasteiger partial charge is 0.389 e. The van der Waals surface area contributed by atoms with E-state index in [0.29, 0.717) is 4.99 Å². The third-order valence-electron chi connectivity index (χ3n) is 2.23. The number of rotatable bonds is 3. The van der Waals surface area contributed by atoms with E-state index in [-0.39, 0.29) is 0 Å². The van der Waals surface area contributed by atoms with Crippen molar-refractivity contribution in [1.82, 2.24) is 4.98 Å². The van der Waals surface area contributed by atoms with Crippen LogP contribution in [0.25, 0.3) is 0 Å². The molecule has 3 nitrogen and oxygen atoms in total. The van der Waals surface area contributed by atoms with Crippen molar-refractivity contribution in [2.75, 3.05) is 5.32 Å². The molecule has 0 atom stereocenters. The number of aromatic nitrogens is 1. The zero-order valence-corrected chi connectivity index (χ0v) is 11.3. The van der Waals surface area contributed by atoms with E-state index in [1.807, 2.05) is 24.3 Å². The first-order valence-corrected chi connectivity index (χ1v) is 6.14. The van der Waals surface area contributed by atoms with Gasteiger partial charge in [-0.3, -0.25) is 4.98 Å². The summed E-state index contributed by atoms with van der Waals surface area (Å²) in [7, 11) is 0. The van der Waals surface area contributed by atoms with Crippen molar-refractivity contribution < 1.29 is 0 Å². The minimum Gasteiger partial charge on any atom is -0.389 e. The number of thiocarbonyl (C=S) groups is 1. The fourth-order valence-electron chi connectivity index (χ4n) is 1.42. The van der Waals surface area contributed by atoms with E-state index in [1.165, 1.54) is 0 Å². The van der Waals surface area contributed by atoms with Crippen LogP contribution < -0.4 is 11.1 Å². The zero-order valence-electron chi connectivity index (χ0n) is 8.85. The molecule has 0 saturated carbocycles. The maximum Gasteiger partial charge on any atom is 0.106 e. The number of pyridine rings is 1. The highest BCUT2D eigenvalue weighted by Crippen LogP contribution is 2.26. The highest BCUT2D eigenvalue weighted by Gasteiger charge is 2.06. The lowest BCUT2D eigenvalue weighted by molar-refractivity contribution is 1.31. The zero-order chi connectivity index (χ0) is 12.3. The summed E-state index contributed by atoms with van der Waals surface area (Å²) in [5.41, 5.74) is 8.18. The molecule has 0 fully saturated rings. The Balaban J connectivity index is 2.37. The molecule has 17 heavy (non-hydrogen) atoms. The van der Waals surface area contributed by atoms with Crippen LogP contribution in [0.2, 0.25) is 0 Å². The van der Waals surface area contributed by atoms with Gasteiger partial charge in [0.25, 0.3) is 0 Å². The Morgan fingerprint density at radius 3 is 2.71 bits per heavy atom. The second-order valence-corrected chi connectivity index (χ2v) is 4.68. The van der Waals surface area contributed by atoms with E-state index in [9.17, 15) is 0 Å². The Morgan fingerprint density at radius 1 is 1.24 bits per heavy atom. The van der Waals surface area contributed by atoms with Crippen molar-refractivity contribution in [3.05, 3.63) is 52.8 Å². The molecule has 1 heterocycles. The molecule has 0 radical (unpaired) electrons. The van der Waals surface area contributed by atoms with Crippen molar-refractivity contribution in [2.45, 2.75) is 0 Å². The Morgan fingerprint density at radius 2 is 2.00 bits per heavy atom. The number of halogens is 1.